The molecule has 0 bridgehead atoms. The second-order valence-corrected chi connectivity index (χ2v) is 5.28. The van der Waals surface area contributed by atoms with Crippen molar-refractivity contribution in [2.24, 2.45) is 5.92 Å². The van der Waals surface area contributed by atoms with Crippen molar-refractivity contribution in [3.63, 3.8) is 0 Å². The molecule has 0 saturated heterocycles. The summed E-state index contributed by atoms with van der Waals surface area (Å²) in [6.45, 7) is 6.59. The smallest absolute Gasteiger partial charge is 0.257 e. The van der Waals surface area contributed by atoms with Crippen LogP contribution >= 0.6 is 0 Å². The third-order valence-corrected chi connectivity index (χ3v) is 3.38. The topological polar surface area (TPSA) is 80.5 Å². The molecule has 2 heterocycles. The van der Waals surface area contributed by atoms with Crippen LogP contribution in [0.3, 0.4) is 0 Å². The predicted molar refractivity (Wildman–Crippen MR) is 83.7 cm³/mol. The molecule has 0 aliphatic rings. The van der Waals surface area contributed by atoms with Gasteiger partial charge in [-0.1, -0.05) is 20.3 Å². The summed E-state index contributed by atoms with van der Waals surface area (Å²) < 4.78 is 1.62. The zero-order valence-electron chi connectivity index (χ0n) is 13.0. The fraction of sp³-hybridized carbons (Fsp3) is 0.571. The molecule has 7 nitrogen and oxygen atoms in total. The number of nitrogens with zero attached hydrogens (tertiary/aromatic N) is 5. The van der Waals surface area contributed by atoms with E-state index >= 15 is 0 Å². The fourth-order valence-electron chi connectivity index (χ4n) is 2.08. The van der Waals surface area contributed by atoms with Crippen molar-refractivity contribution in [3.8, 4) is 5.95 Å². The molecule has 2 aromatic rings. The SMILES string of the molecule is CCC(C)CC(C)Nc1nc(NC)nc(-n2cccn2)n1. The summed E-state index contributed by atoms with van der Waals surface area (Å²) >= 11 is 0. The second kappa shape index (κ2) is 7.01. The summed E-state index contributed by atoms with van der Waals surface area (Å²) in [6, 6.07) is 2.14. The Labute approximate surface area is 125 Å². The molecular weight excluding hydrogens is 266 g/mol. The highest BCUT2D eigenvalue weighted by Gasteiger charge is 2.12. The van der Waals surface area contributed by atoms with Gasteiger partial charge >= 0.3 is 0 Å². The summed E-state index contributed by atoms with van der Waals surface area (Å²) in [5.41, 5.74) is 0. The van der Waals surface area contributed by atoms with Crippen LogP contribution in [-0.4, -0.2) is 37.8 Å². The quantitative estimate of drug-likeness (QED) is 0.814. The number of aromatic nitrogens is 5. The van der Waals surface area contributed by atoms with Gasteiger partial charge in [0.2, 0.25) is 11.9 Å². The van der Waals surface area contributed by atoms with Gasteiger partial charge in [0, 0.05) is 25.5 Å². The van der Waals surface area contributed by atoms with Crippen molar-refractivity contribution in [3.05, 3.63) is 18.5 Å². The average molecular weight is 289 g/mol. The minimum atomic E-state index is 0.303. The zero-order chi connectivity index (χ0) is 15.2. The van der Waals surface area contributed by atoms with E-state index < -0.39 is 0 Å². The molecule has 0 spiro atoms. The van der Waals surface area contributed by atoms with Crippen molar-refractivity contribution >= 4 is 11.9 Å². The van der Waals surface area contributed by atoms with Crippen molar-refractivity contribution < 1.29 is 0 Å². The molecule has 2 rings (SSSR count). The molecule has 0 saturated carbocycles. The first-order valence-corrected chi connectivity index (χ1v) is 7.32. The van der Waals surface area contributed by atoms with Gasteiger partial charge in [-0.05, 0) is 25.3 Å². The number of nitrogens with one attached hydrogen (secondary N) is 2. The van der Waals surface area contributed by atoms with Crippen LogP contribution in [0.4, 0.5) is 11.9 Å². The molecule has 2 atom stereocenters. The molecule has 0 radical (unpaired) electrons. The lowest BCUT2D eigenvalue weighted by Crippen LogP contribution is -2.21. The lowest BCUT2D eigenvalue weighted by molar-refractivity contribution is 0.482. The third kappa shape index (κ3) is 4.14. The van der Waals surface area contributed by atoms with Gasteiger partial charge in [0.1, 0.15) is 0 Å². The summed E-state index contributed by atoms with van der Waals surface area (Å²) in [6.07, 6.45) is 5.75. The van der Waals surface area contributed by atoms with Crippen molar-refractivity contribution in [1.29, 1.82) is 0 Å². The molecule has 7 heteroatoms. The minimum Gasteiger partial charge on any atom is -0.357 e. The summed E-state index contributed by atoms with van der Waals surface area (Å²) in [4.78, 5) is 13.1. The Balaban J connectivity index is 2.17. The van der Waals surface area contributed by atoms with Crippen LogP contribution in [0.15, 0.2) is 18.5 Å². The maximum atomic E-state index is 4.42. The van der Waals surface area contributed by atoms with E-state index in [1.165, 1.54) is 6.42 Å². The highest BCUT2D eigenvalue weighted by Crippen LogP contribution is 2.14. The molecule has 2 aromatic heterocycles. The highest BCUT2D eigenvalue weighted by molar-refractivity contribution is 5.37. The normalized spacial score (nSPS) is 13.7. The van der Waals surface area contributed by atoms with Gasteiger partial charge < -0.3 is 10.6 Å². The van der Waals surface area contributed by atoms with Gasteiger partial charge in [-0.15, -0.1) is 0 Å². The number of rotatable bonds is 7. The van der Waals surface area contributed by atoms with E-state index in [4.69, 9.17) is 0 Å². The third-order valence-electron chi connectivity index (χ3n) is 3.38. The summed E-state index contributed by atoms with van der Waals surface area (Å²) in [5.74, 6) is 2.26. The number of anilines is 2. The van der Waals surface area contributed by atoms with Crippen LogP contribution in [-0.2, 0) is 0 Å². The first-order valence-electron chi connectivity index (χ1n) is 7.32. The lowest BCUT2D eigenvalue weighted by atomic mass is 10.0. The van der Waals surface area contributed by atoms with Crippen LogP contribution in [0.5, 0.6) is 0 Å². The summed E-state index contributed by atoms with van der Waals surface area (Å²) in [7, 11) is 1.79. The van der Waals surface area contributed by atoms with Gasteiger partial charge in [0.15, 0.2) is 0 Å². The molecule has 0 aliphatic carbocycles. The molecule has 2 N–H and O–H groups in total. The van der Waals surface area contributed by atoms with Crippen molar-refractivity contribution in [2.45, 2.75) is 39.7 Å². The average Bonchev–Trinajstić information content (AvgIpc) is 3.00. The van der Waals surface area contributed by atoms with Gasteiger partial charge in [-0.2, -0.15) is 20.1 Å². The van der Waals surface area contributed by atoms with E-state index in [1.807, 2.05) is 6.07 Å². The van der Waals surface area contributed by atoms with Crippen LogP contribution in [0, 0.1) is 5.92 Å². The molecular formula is C14H23N7. The van der Waals surface area contributed by atoms with Gasteiger partial charge in [-0.25, -0.2) is 4.68 Å². The van der Waals surface area contributed by atoms with Crippen molar-refractivity contribution in [2.75, 3.05) is 17.7 Å². The monoisotopic (exact) mass is 289 g/mol. The van der Waals surface area contributed by atoms with Gasteiger partial charge in [0.25, 0.3) is 5.95 Å². The molecule has 21 heavy (non-hydrogen) atoms. The van der Waals surface area contributed by atoms with Crippen LogP contribution in [0.25, 0.3) is 5.95 Å². The highest BCUT2D eigenvalue weighted by atomic mass is 15.4. The van der Waals surface area contributed by atoms with E-state index in [2.05, 4.69) is 51.5 Å². The standard InChI is InChI=1S/C14H23N7/c1-5-10(2)9-11(3)17-13-18-12(15-4)19-14(20-13)21-8-6-7-16-21/h6-8,10-11H,5,9H2,1-4H3,(H2,15,17,18,19,20). The molecule has 0 amide bonds. The van der Waals surface area contributed by atoms with Crippen LogP contribution in [0.2, 0.25) is 0 Å². The Kier molecular flexibility index (Phi) is 5.08. The Morgan fingerprint density at radius 2 is 1.95 bits per heavy atom. The Hall–Kier alpha value is -2.18. The fourth-order valence-corrected chi connectivity index (χ4v) is 2.08. The van der Waals surface area contributed by atoms with E-state index in [1.54, 1.807) is 24.1 Å². The Bertz CT molecular complexity index is 552. The van der Waals surface area contributed by atoms with Gasteiger partial charge in [-0.3, -0.25) is 0 Å². The molecule has 2 unspecified atom stereocenters. The maximum Gasteiger partial charge on any atom is 0.257 e. The van der Waals surface area contributed by atoms with Crippen LogP contribution < -0.4 is 10.6 Å². The molecule has 0 fully saturated rings. The largest absolute Gasteiger partial charge is 0.357 e. The second-order valence-electron chi connectivity index (χ2n) is 5.28. The van der Waals surface area contributed by atoms with E-state index in [0.717, 1.165) is 6.42 Å². The number of hydrogen-bond donors (Lipinski definition) is 2. The van der Waals surface area contributed by atoms with Gasteiger partial charge in [0.05, 0.1) is 0 Å². The molecule has 0 aliphatic heterocycles. The summed E-state index contributed by atoms with van der Waals surface area (Å²) in [5, 5.41) is 10.4. The lowest BCUT2D eigenvalue weighted by Gasteiger charge is -2.18. The Morgan fingerprint density at radius 1 is 1.19 bits per heavy atom. The molecule has 0 aromatic carbocycles. The van der Waals surface area contributed by atoms with E-state index in [-0.39, 0.29) is 0 Å². The first-order chi connectivity index (χ1) is 10.1. The van der Waals surface area contributed by atoms with E-state index in [9.17, 15) is 0 Å². The van der Waals surface area contributed by atoms with Crippen LogP contribution in [0.1, 0.15) is 33.6 Å². The first kappa shape index (κ1) is 15.2. The number of hydrogen-bond acceptors (Lipinski definition) is 6. The zero-order valence-corrected chi connectivity index (χ0v) is 13.0. The van der Waals surface area contributed by atoms with E-state index in [0.29, 0.717) is 29.8 Å². The van der Waals surface area contributed by atoms with Crippen molar-refractivity contribution in [1.82, 2.24) is 24.7 Å². The predicted octanol–water partition coefficient (Wildman–Crippen LogP) is 2.34. The molecule has 114 valence electrons. The maximum absolute atomic E-state index is 4.42. The Morgan fingerprint density at radius 3 is 2.57 bits per heavy atom. The minimum absolute atomic E-state index is 0.303.